The first kappa shape index (κ1) is 26.2. The van der Waals surface area contributed by atoms with Crippen molar-refractivity contribution in [3.05, 3.63) is 92.1 Å². The lowest BCUT2D eigenvalue weighted by molar-refractivity contribution is -0.114. The van der Waals surface area contributed by atoms with E-state index in [0.717, 1.165) is 22.7 Å². The van der Waals surface area contributed by atoms with E-state index < -0.39 is 35.3 Å². The second kappa shape index (κ2) is 10.1. The molecule has 4 aromatic rings. The fourth-order valence-corrected chi connectivity index (χ4v) is 6.16. The van der Waals surface area contributed by atoms with E-state index in [4.69, 9.17) is 22.4 Å². The number of amides is 4. The summed E-state index contributed by atoms with van der Waals surface area (Å²) in [6.45, 7) is 0. The van der Waals surface area contributed by atoms with E-state index in [2.05, 4.69) is 10.6 Å². The first-order chi connectivity index (χ1) is 18.5. The molecule has 194 valence electrons. The normalized spacial score (nSPS) is 14.2. The molecule has 8 nitrogen and oxygen atoms in total. The first-order valence-electron chi connectivity index (χ1n) is 10.9. The van der Waals surface area contributed by atoms with Crippen molar-refractivity contribution in [1.82, 2.24) is 10.6 Å². The van der Waals surface area contributed by atoms with Crippen molar-refractivity contribution in [2.75, 3.05) is 0 Å². The molecule has 0 aliphatic carbocycles. The summed E-state index contributed by atoms with van der Waals surface area (Å²) < 4.78 is 26.8. The van der Waals surface area contributed by atoms with Gasteiger partial charge in [-0.1, -0.05) is 35.9 Å². The summed E-state index contributed by atoms with van der Waals surface area (Å²) in [7, 11) is 0. The van der Waals surface area contributed by atoms with Crippen molar-refractivity contribution < 1.29 is 28.0 Å². The molecular formula is C26H13ClF2N4O4S2. The van der Waals surface area contributed by atoms with Crippen LogP contribution in [0.15, 0.2) is 54.6 Å². The second-order valence-electron chi connectivity index (χ2n) is 8.13. The Hall–Kier alpha value is -4.39. The predicted molar refractivity (Wildman–Crippen MR) is 143 cm³/mol. The van der Waals surface area contributed by atoms with E-state index in [1.54, 1.807) is 24.3 Å². The molecule has 0 atom stereocenters. The Balaban J connectivity index is 0.000000158. The lowest BCUT2D eigenvalue weighted by Crippen LogP contribution is -2.41. The number of rotatable bonds is 2. The second-order valence-corrected chi connectivity index (χ2v) is 10.6. The third-order valence-corrected chi connectivity index (χ3v) is 8.34. The Morgan fingerprint density at radius 1 is 0.641 bits per heavy atom. The molecule has 0 bridgehead atoms. The summed E-state index contributed by atoms with van der Waals surface area (Å²) in [4.78, 5) is 47.9. The number of hydrogen-bond acceptors (Lipinski definition) is 8. The predicted octanol–water partition coefficient (Wildman–Crippen LogP) is 5.04. The van der Waals surface area contributed by atoms with Gasteiger partial charge in [-0.2, -0.15) is 0 Å². The largest absolute Gasteiger partial charge is 0.294 e. The highest BCUT2D eigenvalue weighted by Crippen LogP contribution is 2.36. The molecule has 39 heavy (non-hydrogen) atoms. The molecule has 0 radical (unpaired) electrons. The zero-order chi connectivity index (χ0) is 28.0. The molecule has 0 unspecified atom stereocenters. The third-order valence-electron chi connectivity index (χ3n) is 5.66. The zero-order valence-electron chi connectivity index (χ0n) is 19.3. The van der Waals surface area contributed by atoms with E-state index in [1.807, 2.05) is 0 Å². The minimum atomic E-state index is -0.723. The molecule has 0 spiro atoms. The molecule has 0 saturated heterocycles. The van der Waals surface area contributed by atoms with Crippen LogP contribution in [0.2, 0.25) is 5.02 Å². The number of halogens is 3. The number of fused-ring (bicyclic) bond motifs is 2. The molecule has 4 amide bonds. The number of imide groups is 2. The molecule has 2 aliphatic heterocycles. The Morgan fingerprint density at radius 3 is 1.74 bits per heavy atom. The average Bonchev–Trinajstić information content (AvgIpc) is 3.55. The molecule has 0 fully saturated rings. The van der Waals surface area contributed by atoms with Crippen LogP contribution in [0.1, 0.15) is 30.5 Å². The summed E-state index contributed by atoms with van der Waals surface area (Å²) in [6, 6.07) is 13.5. The topological polar surface area (TPSA) is 140 Å². The SMILES string of the molecule is N=C1C(=O)NC(=O)c2cc(-c3ccc(F)c(Cl)c3)sc21.N=C1C(=O)NC(=O)c2cc(-c3ccccc3F)sc21. The summed E-state index contributed by atoms with van der Waals surface area (Å²) in [5.41, 5.74) is 0.993. The van der Waals surface area contributed by atoms with E-state index in [0.29, 0.717) is 25.8 Å². The zero-order valence-corrected chi connectivity index (χ0v) is 21.7. The molecule has 6 rings (SSSR count). The molecule has 4 N–H and O–H groups in total. The first-order valence-corrected chi connectivity index (χ1v) is 12.9. The van der Waals surface area contributed by atoms with Crippen molar-refractivity contribution in [1.29, 1.82) is 10.8 Å². The van der Waals surface area contributed by atoms with Crippen LogP contribution in [0, 0.1) is 22.5 Å². The van der Waals surface area contributed by atoms with Gasteiger partial charge in [0.25, 0.3) is 23.6 Å². The van der Waals surface area contributed by atoms with Crippen LogP contribution in [0.5, 0.6) is 0 Å². The number of nitrogens with one attached hydrogen (secondary N) is 4. The molecule has 2 aromatic heterocycles. The smallest absolute Gasteiger partial charge is 0.277 e. The maximum Gasteiger partial charge on any atom is 0.277 e. The number of carbonyl (C=O) groups excluding carboxylic acids is 4. The molecule has 13 heteroatoms. The maximum atomic E-state index is 13.7. The molecule has 2 aliphatic rings. The number of carbonyl (C=O) groups is 4. The van der Waals surface area contributed by atoms with Gasteiger partial charge in [-0.3, -0.25) is 40.6 Å². The van der Waals surface area contributed by atoms with Gasteiger partial charge in [0.15, 0.2) is 0 Å². The van der Waals surface area contributed by atoms with Crippen molar-refractivity contribution >= 4 is 69.3 Å². The van der Waals surface area contributed by atoms with Crippen LogP contribution in [0.3, 0.4) is 0 Å². The number of hydrogen-bond donors (Lipinski definition) is 4. The molecule has 4 heterocycles. The van der Waals surface area contributed by atoms with Crippen LogP contribution in [0.25, 0.3) is 20.9 Å². The van der Waals surface area contributed by atoms with Crippen molar-refractivity contribution in [3.8, 4) is 20.9 Å². The Kier molecular flexibility index (Phi) is 6.76. The standard InChI is InChI=1S/C13H6ClFN2O2S.C13H7FN2O2S/c14-7-3-5(1-2-8(7)15)9-4-6-11(20-9)10(16)13(19)17-12(6)18;14-8-4-2-1-3-6(8)9-5-7-11(19-9)10(15)13(18)16-12(7)17/h1-4,16H,(H,17,18,19);1-5,15H,(H,16,17,18). The van der Waals surface area contributed by atoms with Gasteiger partial charge in [-0.05, 0) is 35.9 Å². The quantitative estimate of drug-likeness (QED) is 0.246. The van der Waals surface area contributed by atoms with Gasteiger partial charge < -0.3 is 0 Å². The van der Waals surface area contributed by atoms with Crippen molar-refractivity contribution in [2.24, 2.45) is 0 Å². The van der Waals surface area contributed by atoms with E-state index in [-0.39, 0.29) is 32.5 Å². The van der Waals surface area contributed by atoms with Gasteiger partial charge in [0.2, 0.25) is 0 Å². The van der Waals surface area contributed by atoms with Crippen LogP contribution in [-0.2, 0) is 9.59 Å². The van der Waals surface area contributed by atoms with Crippen LogP contribution in [0.4, 0.5) is 8.78 Å². The average molecular weight is 583 g/mol. The monoisotopic (exact) mass is 582 g/mol. The summed E-state index contributed by atoms with van der Waals surface area (Å²) in [5.74, 6) is -3.45. The molecule has 0 saturated carbocycles. The van der Waals surface area contributed by atoms with Crippen LogP contribution >= 0.6 is 34.3 Å². The Morgan fingerprint density at radius 2 is 1.18 bits per heavy atom. The van der Waals surface area contributed by atoms with Gasteiger partial charge in [0, 0.05) is 15.3 Å². The van der Waals surface area contributed by atoms with Gasteiger partial charge in [-0.25, -0.2) is 8.78 Å². The van der Waals surface area contributed by atoms with Crippen LogP contribution in [-0.4, -0.2) is 35.1 Å². The highest BCUT2D eigenvalue weighted by Gasteiger charge is 2.31. The lowest BCUT2D eigenvalue weighted by Gasteiger charge is -2.10. The van der Waals surface area contributed by atoms with Crippen molar-refractivity contribution in [2.45, 2.75) is 0 Å². The fourth-order valence-electron chi connectivity index (χ4n) is 3.75. The third kappa shape index (κ3) is 4.80. The molecular weight excluding hydrogens is 570 g/mol. The van der Waals surface area contributed by atoms with Gasteiger partial charge in [-0.15, -0.1) is 22.7 Å². The highest BCUT2D eigenvalue weighted by molar-refractivity contribution is 7.19. The van der Waals surface area contributed by atoms with Gasteiger partial charge in [0.1, 0.15) is 23.1 Å². The molecule has 2 aromatic carbocycles. The minimum Gasteiger partial charge on any atom is -0.294 e. The van der Waals surface area contributed by atoms with Crippen molar-refractivity contribution in [3.63, 3.8) is 0 Å². The van der Waals surface area contributed by atoms with Gasteiger partial charge >= 0.3 is 0 Å². The minimum absolute atomic E-state index is 0.0236. The Bertz CT molecular complexity index is 1780. The lowest BCUT2D eigenvalue weighted by atomic mass is 10.1. The van der Waals surface area contributed by atoms with E-state index in [1.165, 1.54) is 30.3 Å². The fraction of sp³-hybridized carbons (Fsp3) is 0. The Labute approximate surface area is 231 Å². The number of thiophene rings is 2. The summed E-state index contributed by atoms with van der Waals surface area (Å²) in [6.07, 6.45) is 0. The van der Waals surface area contributed by atoms with E-state index in [9.17, 15) is 28.0 Å². The van der Waals surface area contributed by atoms with Gasteiger partial charge in [0.05, 0.1) is 25.9 Å². The number of benzene rings is 2. The highest BCUT2D eigenvalue weighted by atomic mass is 35.5. The summed E-state index contributed by atoms with van der Waals surface area (Å²) >= 11 is 7.93. The van der Waals surface area contributed by atoms with E-state index >= 15 is 0 Å². The van der Waals surface area contributed by atoms with Crippen LogP contribution < -0.4 is 10.6 Å². The maximum absolute atomic E-state index is 13.7. The summed E-state index contributed by atoms with van der Waals surface area (Å²) in [5, 5.41) is 19.5.